The summed E-state index contributed by atoms with van der Waals surface area (Å²) in [7, 11) is 0. The second-order valence-electron chi connectivity index (χ2n) is 4.41. The van der Waals surface area contributed by atoms with Crippen LogP contribution in [0, 0.1) is 18.8 Å². The smallest absolute Gasteiger partial charge is 0.0155 e. The highest BCUT2D eigenvalue weighted by Gasteiger charge is 2.34. The molecule has 0 aromatic heterocycles. The molecule has 0 heteroatoms. The first kappa shape index (κ1) is 11.2. The van der Waals surface area contributed by atoms with Gasteiger partial charge in [0, 0.05) is 0 Å². The van der Waals surface area contributed by atoms with Crippen LogP contribution in [0.3, 0.4) is 0 Å². The molecule has 0 radical (unpaired) electrons. The van der Waals surface area contributed by atoms with Crippen molar-refractivity contribution in [2.75, 3.05) is 0 Å². The first-order chi connectivity index (χ1) is 7.83. The number of allylic oxidation sites excluding steroid dienone is 4. The van der Waals surface area contributed by atoms with E-state index in [-0.39, 0.29) is 0 Å². The first-order valence-corrected chi connectivity index (χ1v) is 6.30. The molecule has 0 bridgehead atoms. The lowest BCUT2D eigenvalue weighted by atomic mass is 9.99. The second-order valence-corrected chi connectivity index (χ2v) is 4.41. The Hall–Kier alpha value is -1.30. The fourth-order valence-electron chi connectivity index (χ4n) is 2.10. The fraction of sp³-hybridized carbons (Fsp3) is 0.375. The highest BCUT2D eigenvalue weighted by atomic mass is 14.4. The summed E-state index contributed by atoms with van der Waals surface area (Å²) in [5.74, 6) is 1.71. The van der Waals surface area contributed by atoms with E-state index in [2.05, 4.69) is 49.4 Å². The molecule has 3 rings (SSSR count). The third kappa shape index (κ3) is 2.27. The minimum Gasteiger partial charge on any atom is -0.0802 e. The Kier molecular flexibility index (Phi) is 3.28. The van der Waals surface area contributed by atoms with Crippen LogP contribution in [0.1, 0.15) is 31.4 Å². The van der Waals surface area contributed by atoms with Crippen LogP contribution in [0.15, 0.2) is 42.5 Å². The Morgan fingerprint density at radius 1 is 1.00 bits per heavy atom. The predicted molar refractivity (Wildman–Crippen MR) is 71.2 cm³/mol. The summed E-state index contributed by atoms with van der Waals surface area (Å²) in [4.78, 5) is 0. The van der Waals surface area contributed by atoms with Gasteiger partial charge in [0.1, 0.15) is 0 Å². The maximum Gasteiger partial charge on any atom is -0.0155 e. The van der Waals surface area contributed by atoms with E-state index in [1.165, 1.54) is 23.1 Å². The van der Waals surface area contributed by atoms with E-state index in [1.54, 1.807) is 0 Å². The van der Waals surface area contributed by atoms with Crippen LogP contribution in [-0.2, 0) is 0 Å². The van der Waals surface area contributed by atoms with Gasteiger partial charge in [0.25, 0.3) is 0 Å². The van der Waals surface area contributed by atoms with E-state index in [4.69, 9.17) is 0 Å². The predicted octanol–water partition coefficient (Wildman–Crippen LogP) is 4.61. The zero-order valence-electron chi connectivity index (χ0n) is 10.4. The Balaban J connectivity index is 0.000000457. The number of hydrogen-bond acceptors (Lipinski definition) is 0. The number of hydrogen-bond donors (Lipinski definition) is 0. The Bertz CT molecular complexity index is 406. The highest BCUT2D eigenvalue weighted by Crippen LogP contribution is 2.45. The second kappa shape index (κ2) is 4.69. The largest absolute Gasteiger partial charge is 0.0802 e. The quantitative estimate of drug-likeness (QED) is 0.637. The van der Waals surface area contributed by atoms with E-state index < -0.39 is 0 Å². The third-order valence-electron chi connectivity index (χ3n) is 3.19. The molecule has 84 valence electrons. The van der Waals surface area contributed by atoms with Gasteiger partial charge in [-0.15, -0.1) is 0 Å². The first-order valence-electron chi connectivity index (χ1n) is 6.30. The van der Waals surface area contributed by atoms with Crippen LogP contribution in [0.4, 0.5) is 0 Å². The molecule has 1 aromatic rings. The standard InChI is InChI=1S/C14H14.C2H6/c1-10-2-4-11(5-3-10)12-6-7-13-9-14(13)8-12;1-2/h2-8,13-14H,9H2,1H3;1-2H3/t13?,14-;/m1./s1. The maximum atomic E-state index is 2.43. The third-order valence-corrected chi connectivity index (χ3v) is 3.19. The average molecular weight is 212 g/mol. The van der Waals surface area contributed by atoms with Crippen LogP contribution < -0.4 is 0 Å². The molecule has 1 aromatic carbocycles. The lowest BCUT2D eigenvalue weighted by Gasteiger charge is -2.06. The number of rotatable bonds is 1. The summed E-state index contributed by atoms with van der Waals surface area (Å²) in [6.07, 6.45) is 8.43. The van der Waals surface area contributed by atoms with Crippen molar-refractivity contribution in [2.45, 2.75) is 27.2 Å². The molecule has 2 atom stereocenters. The summed E-state index contributed by atoms with van der Waals surface area (Å²) in [5, 5.41) is 0. The van der Waals surface area contributed by atoms with Gasteiger partial charge in [-0.1, -0.05) is 61.9 Å². The van der Waals surface area contributed by atoms with Gasteiger partial charge in [0.05, 0.1) is 0 Å². The van der Waals surface area contributed by atoms with Gasteiger partial charge in [-0.05, 0) is 36.3 Å². The summed E-state index contributed by atoms with van der Waals surface area (Å²) < 4.78 is 0. The molecule has 2 aliphatic rings. The van der Waals surface area contributed by atoms with Crippen molar-refractivity contribution in [3.63, 3.8) is 0 Å². The summed E-state index contributed by atoms with van der Waals surface area (Å²) >= 11 is 0. The van der Waals surface area contributed by atoms with E-state index in [9.17, 15) is 0 Å². The molecule has 2 aliphatic carbocycles. The van der Waals surface area contributed by atoms with Crippen LogP contribution in [0.5, 0.6) is 0 Å². The molecule has 0 heterocycles. The van der Waals surface area contributed by atoms with Gasteiger partial charge in [-0.25, -0.2) is 0 Å². The van der Waals surface area contributed by atoms with Gasteiger partial charge < -0.3 is 0 Å². The lowest BCUT2D eigenvalue weighted by Crippen LogP contribution is -1.88. The zero-order valence-corrected chi connectivity index (χ0v) is 10.4. The molecule has 1 unspecified atom stereocenters. The maximum absolute atomic E-state index is 2.43. The van der Waals surface area contributed by atoms with E-state index >= 15 is 0 Å². The molecule has 0 spiro atoms. The van der Waals surface area contributed by atoms with Crippen LogP contribution >= 0.6 is 0 Å². The van der Waals surface area contributed by atoms with Crippen molar-refractivity contribution >= 4 is 5.57 Å². The van der Waals surface area contributed by atoms with Gasteiger partial charge in [-0.2, -0.15) is 0 Å². The molecule has 1 saturated carbocycles. The summed E-state index contributed by atoms with van der Waals surface area (Å²) in [6.45, 7) is 6.13. The highest BCUT2D eigenvalue weighted by molar-refractivity contribution is 5.76. The Labute approximate surface area is 98.7 Å². The van der Waals surface area contributed by atoms with E-state index in [0.29, 0.717) is 0 Å². The van der Waals surface area contributed by atoms with Crippen molar-refractivity contribution in [2.24, 2.45) is 11.8 Å². The lowest BCUT2D eigenvalue weighted by molar-refractivity contribution is 0.985. The molecule has 0 N–H and O–H groups in total. The van der Waals surface area contributed by atoms with E-state index in [1.807, 2.05) is 13.8 Å². The summed E-state index contributed by atoms with van der Waals surface area (Å²) in [6, 6.07) is 8.80. The minimum atomic E-state index is 0.844. The Morgan fingerprint density at radius 3 is 2.31 bits per heavy atom. The van der Waals surface area contributed by atoms with Crippen molar-refractivity contribution in [3.05, 3.63) is 53.6 Å². The van der Waals surface area contributed by atoms with Crippen LogP contribution in [0.2, 0.25) is 0 Å². The minimum absolute atomic E-state index is 0.844. The summed E-state index contributed by atoms with van der Waals surface area (Å²) in [5.41, 5.74) is 4.10. The molecule has 16 heavy (non-hydrogen) atoms. The van der Waals surface area contributed by atoms with Crippen molar-refractivity contribution < 1.29 is 0 Å². The van der Waals surface area contributed by atoms with Crippen LogP contribution in [0.25, 0.3) is 5.57 Å². The average Bonchev–Trinajstić information content (AvgIpc) is 3.10. The molecular weight excluding hydrogens is 192 g/mol. The zero-order chi connectivity index (χ0) is 11.5. The molecule has 0 aliphatic heterocycles. The molecule has 1 fully saturated rings. The van der Waals surface area contributed by atoms with Crippen LogP contribution in [-0.4, -0.2) is 0 Å². The van der Waals surface area contributed by atoms with Gasteiger partial charge in [0.2, 0.25) is 0 Å². The normalized spacial score (nSPS) is 25.1. The molecule has 0 saturated heterocycles. The van der Waals surface area contributed by atoms with Crippen molar-refractivity contribution in [1.29, 1.82) is 0 Å². The number of benzene rings is 1. The van der Waals surface area contributed by atoms with Crippen molar-refractivity contribution in [1.82, 2.24) is 0 Å². The van der Waals surface area contributed by atoms with Gasteiger partial charge in [-0.3, -0.25) is 0 Å². The van der Waals surface area contributed by atoms with Crippen molar-refractivity contribution in [3.8, 4) is 0 Å². The monoisotopic (exact) mass is 212 g/mol. The molecule has 0 amide bonds. The molecular formula is C16H20. The van der Waals surface area contributed by atoms with Gasteiger partial charge in [0.15, 0.2) is 0 Å². The SMILES string of the molecule is CC.Cc1ccc(C2=C[C@@H]3CC3C=C2)cc1. The molecule has 0 nitrogen and oxygen atoms in total. The number of fused-ring (bicyclic) bond motifs is 1. The topological polar surface area (TPSA) is 0 Å². The van der Waals surface area contributed by atoms with Gasteiger partial charge >= 0.3 is 0 Å². The fourth-order valence-corrected chi connectivity index (χ4v) is 2.10. The Morgan fingerprint density at radius 2 is 1.69 bits per heavy atom. The van der Waals surface area contributed by atoms with E-state index in [0.717, 1.165) is 11.8 Å². The number of aryl methyl sites for hydroxylation is 1.